The van der Waals surface area contributed by atoms with E-state index in [1.165, 1.54) is 76.8 Å². The Morgan fingerprint density at radius 2 is 1.17 bits per heavy atom. The Balaban J connectivity index is 0.000000144. The molecule has 1 aliphatic rings. The Morgan fingerprint density at radius 3 is 1.98 bits per heavy atom. The van der Waals surface area contributed by atoms with Gasteiger partial charge in [-0.25, -0.2) is 0 Å². The number of rotatable bonds is 2. The molecule has 41 heavy (non-hydrogen) atoms. The summed E-state index contributed by atoms with van der Waals surface area (Å²) in [6.45, 7) is 4.38. The van der Waals surface area contributed by atoms with Crippen LogP contribution in [-0.4, -0.2) is 0 Å². The van der Waals surface area contributed by atoms with Crippen LogP contribution in [0.2, 0.25) is 0 Å². The van der Waals surface area contributed by atoms with Crippen molar-refractivity contribution < 1.29 is 51.4 Å². The Morgan fingerprint density at radius 1 is 0.537 bits per heavy atom. The number of aryl methyl sites for hydroxylation is 1. The molecule has 7 aromatic carbocycles. The summed E-state index contributed by atoms with van der Waals surface area (Å²) in [4.78, 5) is 0. The van der Waals surface area contributed by atoms with Crippen molar-refractivity contribution in [2.24, 2.45) is 0 Å². The molecule has 0 spiro atoms. The molecule has 0 aliphatic heterocycles. The van der Waals surface area contributed by atoms with Crippen LogP contribution in [0.4, 0.5) is 0 Å². The van der Waals surface area contributed by atoms with E-state index in [0.29, 0.717) is 0 Å². The molecule has 0 unspecified atom stereocenters. The molecule has 0 N–H and O–H groups in total. The predicted octanol–water partition coefficient (Wildman–Crippen LogP) is 8.16. The largest absolute Gasteiger partial charge is 1.00 e. The second-order valence-electron chi connectivity index (χ2n) is 11.0. The normalized spacial score (nSPS) is 12.0. The van der Waals surface area contributed by atoms with Crippen LogP contribution in [0.5, 0.6) is 0 Å². The third-order valence-electron chi connectivity index (χ3n) is 8.07. The first-order valence-corrected chi connectivity index (χ1v) is 14.1. The Labute approximate surface area is 285 Å². The van der Waals surface area contributed by atoms with Gasteiger partial charge in [0.1, 0.15) is 0 Å². The van der Waals surface area contributed by atoms with Crippen molar-refractivity contribution in [2.45, 2.75) is 20.3 Å². The average molecular weight is 551 g/mol. The minimum atomic E-state index is 0. The summed E-state index contributed by atoms with van der Waals surface area (Å²) >= 11 is 0. The zero-order valence-electron chi connectivity index (χ0n) is 24.0. The second kappa shape index (κ2) is 12.0. The molecule has 1 aliphatic carbocycles. The van der Waals surface area contributed by atoms with E-state index in [2.05, 4.69) is 153 Å². The van der Waals surface area contributed by atoms with Gasteiger partial charge in [0.2, 0.25) is 0 Å². The fraction of sp³-hybridized carbons (Fsp3) is 0.0750. The van der Waals surface area contributed by atoms with E-state index >= 15 is 0 Å². The van der Waals surface area contributed by atoms with E-state index in [9.17, 15) is 0 Å². The molecular formula is C40H31K. The van der Waals surface area contributed by atoms with Crippen LogP contribution in [0.25, 0.3) is 60.6 Å². The van der Waals surface area contributed by atoms with E-state index in [1.807, 2.05) is 0 Å². The first-order chi connectivity index (χ1) is 19.6. The molecule has 0 radical (unpaired) electrons. The van der Waals surface area contributed by atoms with Gasteiger partial charge in [-0.1, -0.05) is 138 Å². The number of fused-ring (bicyclic) bond motifs is 4. The van der Waals surface area contributed by atoms with Gasteiger partial charge < -0.3 is 0 Å². The van der Waals surface area contributed by atoms with Crippen molar-refractivity contribution in [3.63, 3.8) is 0 Å². The number of allylic oxidation sites excluding steroid dienone is 1. The van der Waals surface area contributed by atoms with Crippen molar-refractivity contribution in [1.29, 1.82) is 0 Å². The first kappa shape index (κ1) is 28.0. The van der Waals surface area contributed by atoms with Crippen LogP contribution in [-0.2, 0) is 6.42 Å². The molecule has 0 nitrogen and oxygen atoms in total. The van der Waals surface area contributed by atoms with Crippen LogP contribution in [0.1, 0.15) is 23.6 Å². The Kier molecular flexibility index (Phi) is 8.17. The quantitative estimate of drug-likeness (QED) is 0.150. The maximum atomic E-state index is 2.34. The Bertz CT molecular complexity index is 2020. The third-order valence-corrected chi connectivity index (χ3v) is 8.07. The summed E-state index contributed by atoms with van der Waals surface area (Å²) < 4.78 is 0. The van der Waals surface area contributed by atoms with Crippen molar-refractivity contribution in [3.05, 3.63) is 156 Å². The molecule has 0 atom stereocenters. The molecular weight excluding hydrogens is 520 g/mol. The molecule has 8 rings (SSSR count). The van der Waals surface area contributed by atoms with Gasteiger partial charge in [-0.2, -0.15) is 0 Å². The van der Waals surface area contributed by atoms with Gasteiger partial charge in [0.25, 0.3) is 0 Å². The SMILES string of the molecule is CC1=Cc2c(cccc2-c2cccc3ccccc23)C1.Cc1cc(-c2cc3ccccc3[cH-]2)c2ccccc2c1.[K+]. The van der Waals surface area contributed by atoms with Crippen molar-refractivity contribution in [2.75, 3.05) is 0 Å². The molecule has 0 fully saturated rings. The van der Waals surface area contributed by atoms with Crippen LogP contribution in [0.3, 0.4) is 0 Å². The van der Waals surface area contributed by atoms with E-state index in [1.54, 1.807) is 0 Å². The molecule has 0 saturated heterocycles. The van der Waals surface area contributed by atoms with Gasteiger partial charge in [-0.3, -0.25) is 0 Å². The van der Waals surface area contributed by atoms with E-state index in [4.69, 9.17) is 0 Å². The summed E-state index contributed by atoms with van der Waals surface area (Å²) in [5.41, 5.74) is 11.0. The minimum Gasteiger partial charge on any atom is -0.145 e. The van der Waals surface area contributed by atoms with Crippen molar-refractivity contribution in [3.8, 4) is 22.3 Å². The monoisotopic (exact) mass is 550 g/mol. The summed E-state index contributed by atoms with van der Waals surface area (Å²) in [5, 5.41) is 7.91. The smallest absolute Gasteiger partial charge is 0.145 e. The van der Waals surface area contributed by atoms with Gasteiger partial charge in [0.05, 0.1) is 0 Å². The molecule has 0 amide bonds. The van der Waals surface area contributed by atoms with Crippen molar-refractivity contribution in [1.82, 2.24) is 0 Å². The summed E-state index contributed by atoms with van der Waals surface area (Å²) in [6.07, 6.45) is 3.43. The van der Waals surface area contributed by atoms with E-state index in [0.717, 1.165) is 6.42 Å². The Hall–Kier alpha value is -3.17. The first-order valence-electron chi connectivity index (χ1n) is 14.1. The molecule has 0 aromatic heterocycles. The maximum absolute atomic E-state index is 2.34. The zero-order valence-corrected chi connectivity index (χ0v) is 27.1. The van der Waals surface area contributed by atoms with Gasteiger partial charge in [0, 0.05) is 0 Å². The van der Waals surface area contributed by atoms with Crippen LogP contribution < -0.4 is 51.4 Å². The van der Waals surface area contributed by atoms with Crippen LogP contribution in [0, 0.1) is 6.92 Å². The zero-order chi connectivity index (χ0) is 27.1. The molecule has 192 valence electrons. The standard InChI is InChI=1S/C20H16.C20H15.K/c1-14-12-16-8-5-11-19(20(16)13-14)18-10-4-7-15-6-2-3-9-17(15)18;1-14-10-17-8-4-5-9-19(17)20(11-14)18-12-15-6-2-3-7-16(15)13-18;/h2-11,13H,12H2,1H3;2-13H,1H3;/q;-1;+1. The molecule has 0 bridgehead atoms. The second-order valence-corrected chi connectivity index (χ2v) is 11.0. The van der Waals surface area contributed by atoms with Crippen molar-refractivity contribution >= 4 is 38.4 Å². The third kappa shape index (κ3) is 5.54. The van der Waals surface area contributed by atoms with E-state index < -0.39 is 0 Å². The van der Waals surface area contributed by atoms with Crippen LogP contribution in [0.15, 0.2) is 139 Å². The molecule has 0 heterocycles. The molecule has 7 aromatic rings. The maximum Gasteiger partial charge on any atom is 1.00 e. The number of hydrogen-bond donors (Lipinski definition) is 0. The van der Waals surface area contributed by atoms with Gasteiger partial charge in [-0.15, -0.1) is 34.5 Å². The predicted molar refractivity (Wildman–Crippen MR) is 174 cm³/mol. The fourth-order valence-electron chi connectivity index (χ4n) is 6.24. The van der Waals surface area contributed by atoms with Crippen LogP contribution >= 0.6 is 0 Å². The minimum absolute atomic E-state index is 0. The summed E-state index contributed by atoms with van der Waals surface area (Å²) in [6, 6.07) is 48.2. The van der Waals surface area contributed by atoms with Gasteiger partial charge in [-0.05, 0) is 64.1 Å². The molecule has 1 heteroatoms. The number of benzene rings is 6. The fourth-order valence-corrected chi connectivity index (χ4v) is 6.24. The summed E-state index contributed by atoms with van der Waals surface area (Å²) in [7, 11) is 0. The number of hydrogen-bond acceptors (Lipinski definition) is 0. The average Bonchev–Trinajstić information content (AvgIpc) is 3.59. The van der Waals surface area contributed by atoms with Gasteiger partial charge >= 0.3 is 51.4 Å². The molecule has 0 saturated carbocycles. The van der Waals surface area contributed by atoms with E-state index in [-0.39, 0.29) is 51.4 Å². The van der Waals surface area contributed by atoms with Gasteiger partial charge in [0.15, 0.2) is 0 Å². The topological polar surface area (TPSA) is 0 Å². The summed E-state index contributed by atoms with van der Waals surface area (Å²) in [5.74, 6) is 0.